The maximum Gasteiger partial charge on any atom is 0.312 e. The number of ether oxygens (including phenoxy) is 1. The molecule has 3 aliphatic heterocycles. The van der Waals surface area contributed by atoms with E-state index in [1.54, 1.807) is 14.7 Å². The SMILES string of the molecule is O=C(COc1ccc(C2SCCCS2)cc1)N1CCN(C(=O)C(=O)N2CCCC2)CC1. The second kappa shape index (κ2) is 10.6. The van der Waals surface area contributed by atoms with Crippen molar-refractivity contribution in [1.82, 2.24) is 14.7 Å². The third-order valence-electron chi connectivity index (χ3n) is 5.84. The van der Waals surface area contributed by atoms with Gasteiger partial charge in [-0.05, 0) is 48.5 Å². The van der Waals surface area contributed by atoms with Crippen LogP contribution >= 0.6 is 23.5 Å². The lowest BCUT2D eigenvalue weighted by molar-refractivity contribution is -0.153. The summed E-state index contributed by atoms with van der Waals surface area (Å²) in [5, 5.41) is 0. The van der Waals surface area contributed by atoms with Gasteiger partial charge in [0.1, 0.15) is 5.75 Å². The van der Waals surface area contributed by atoms with Gasteiger partial charge in [0.15, 0.2) is 6.61 Å². The molecule has 3 fully saturated rings. The molecule has 1 aromatic rings. The van der Waals surface area contributed by atoms with Crippen molar-refractivity contribution in [3.8, 4) is 5.75 Å². The second-order valence-corrected chi connectivity index (χ2v) is 10.7. The predicted molar refractivity (Wildman–Crippen MR) is 123 cm³/mol. The summed E-state index contributed by atoms with van der Waals surface area (Å²) in [7, 11) is 0. The number of likely N-dealkylation sites (tertiary alicyclic amines) is 1. The molecule has 0 aliphatic carbocycles. The van der Waals surface area contributed by atoms with E-state index in [4.69, 9.17) is 4.74 Å². The largest absolute Gasteiger partial charge is 0.484 e. The summed E-state index contributed by atoms with van der Waals surface area (Å²) >= 11 is 3.96. The average Bonchev–Trinajstić information content (AvgIpc) is 3.38. The summed E-state index contributed by atoms with van der Waals surface area (Å²) < 4.78 is 6.18. The van der Waals surface area contributed by atoms with E-state index in [1.165, 1.54) is 23.5 Å². The maximum absolute atomic E-state index is 12.5. The zero-order chi connectivity index (χ0) is 21.6. The lowest BCUT2D eigenvalue weighted by Gasteiger charge is -2.34. The quantitative estimate of drug-likeness (QED) is 0.638. The standard InChI is InChI=1S/C22H29N3O4S2/c26-19(16-29-18-6-4-17(5-7-18)22-30-14-3-15-31-22)23-10-12-25(13-11-23)21(28)20(27)24-8-1-2-9-24/h4-7,22H,1-3,8-16H2. The molecule has 0 spiro atoms. The molecular formula is C22H29N3O4S2. The van der Waals surface area contributed by atoms with E-state index < -0.39 is 11.8 Å². The maximum atomic E-state index is 12.5. The second-order valence-electron chi connectivity index (χ2n) is 7.96. The minimum Gasteiger partial charge on any atom is -0.484 e. The number of carbonyl (C=O) groups is 3. The summed E-state index contributed by atoms with van der Waals surface area (Å²) in [5.41, 5.74) is 1.29. The van der Waals surface area contributed by atoms with Crippen LogP contribution in [0.15, 0.2) is 24.3 Å². The molecule has 9 heteroatoms. The van der Waals surface area contributed by atoms with Crippen LogP contribution in [0.3, 0.4) is 0 Å². The Morgan fingerprint density at radius 3 is 1.94 bits per heavy atom. The predicted octanol–water partition coefficient (Wildman–Crippen LogP) is 2.23. The van der Waals surface area contributed by atoms with Crippen molar-refractivity contribution in [1.29, 1.82) is 0 Å². The summed E-state index contributed by atoms with van der Waals surface area (Å²) in [6.07, 6.45) is 3.19. The van der Waals surface area contributed by atoms with E-state index >= 15 is 0 Å². The fraction of sp³-hybridized carbons (Fsp3) is 0.591. The molecule has 3 saturated heterocycles. The summed E-state index contributed by atoms with van der Waals surface area (Å²) in [6, 6.07) is 8.02. The van der Waals surface area contributed by atoms with E-state index in [0.717, 1.165) is 12.8 Å². The van der Waals surface area contributed by atoms with Crippen LogP contribution < -0.4 is 4.74 Å². The fourth-order valence-corrected chi connectivity index (χ4v) is 6.88. The Morgan fingerprint density at radius 2 is 1.32 bits per heavy atom. The Bertz CT molecular complexity index is 784. The molecule has 4 rings (SSSR count). The highest BCUT2D eigenvalue weighted by molar-refractivity contribution is 8.16. The van der Waals surface area contributed by atoms with Gasteiger partial charge in [0.05, 0.1) is 4.58 Å². The van der Waals surface area contributed by atoms with Gasteiger partial charge in [-0.2, -0.15) is 0 Å². The van der Waals surface area contributed by atoms with E-state index in [9.17, 15) is 14.4 Å². The number of carbonyl (C=O) groups excluding carboxylic acids is 3. The monoisotopic (exact) mass is 463 g/mol. The normalized spacial score (nSPS) is 20.1. The van der Waals surface area contributed by atoms with Crippen molar-refractivity contribution in [3.05, 3.63) is 29.8 Å². The number of rotatable bonds is 4. The molecule has 3 aliphatic rings. The van der Waals surface area contributed by atoms with Crippen LogP contribution in [0.4, 0.5) is 0 Å². The van der Waals surface area contributed by atoms with Crippen LogP contribution in [0.1, 0.15) is 29.4 Å². The van der Waals surface area contributed by atoms with Gasteiger partial charge in [-0.15, -0.1) is 23.5 Å². The molecule has 31 heavy (non-hydrogen) atoms. The van der Waals surface area contributed by atoms with Gasteiger partial charge in [-0.3, -0.25) is 14.4 Å². The van der Waals surface area contributed by atoms with Crippen molar-refractivity contribution < 1.29 is 19.1 Å². The molecule has 0 atom stereocenters. The number of hydrogen-bond donors (Lipinski definition) is 0. The lowest BCUT2D eigenvalue weighted by Crippen LogP contribution is -2.54. The molecule has 0 unspecified atom stereocenters. The first-order valence-corrected chi connectivity index (χ1v) is 13.0. The minimum absolute atomic E-state index is 0.0209. The number of benzene rings is 1. The van der Waals surface area contributed by atoms with E-state index in [0.29, 0.717) is 49.6 Å². The molecule has 0 aromatic heterocycles. The van der Waals surface area contributed by atoms with Gasteiger partial charge in [0.25, 0.3) is 5.91 Å². The highest BCUT2D eigenvalue weighted by Crippen LogP contribution is 2.43. The Balaban J connectivity index is 1.20. The highest BCUT2D eigenvalue weighted by Gasteiger charge is 2.31. The smallest absolute Gasteiger partial charge is 0.312 e. The molecule has 0 saturated carbocycles. The number of amides is 3. The fourth-order valence-electron chi connectivity index (χ4n) is 3.99. The van der Waals surface area contributed by atoms with E-state index in [-0.39, 0.29) is 12.5 Å². The Kier molecular flexibility index (Phi) is 7.66. The third-order valence-corrected chi connectivity index (χ3v) is 8.85. The zero-order valence-corrected chi connectivity index (χ0v) is 19.3. The van der Waals surface area contributed by atoms with Crippen molar-refractivity contribution in [2.45, 2.75) is 23.8 Å². The topological polar surface area (TPSA) is 70.2 Å². The van der Waals surface area contributed by atoms with Gasteiger partial charge in [-0.1, -0.05) is 12.1 Å². The molecule has 0 N–H and O–H groups in total. The lowest BCUT2D eigenvalue weighted by atomic mass is 10.2. The number of piperazine rings is 1. The molecule has 3 heterocycles. The van der Waals surface area contributed by atoms with Crippen molar-refractivity contribution in [3.63, 3.8) is 0 Å². The molecule has 0 radical (unpaired) electrons. The molecule has 3 amide bonds. The van der Waals surface area contributed by atoms with Gasteiger partial charge in [0, 0.05) is 39.3 Å². The van der Waals surface area contributed by atoms with E-state index in [1.807, 2.05) is 35.7 Å². The third kappa shape index (κ3) is 5.68. The van der Waals surface area contributed by atoms with Crippen LogP contribution in [0.2, 0.25) is 0 Å². The Morgan fingerprint density at radius 1 is 0.774 bits per heavy atom. The number of nitrogens with zero attached hydrogens (tertiary/aromatic N) is 3. The first-order valence-electron chi connectivity index (χ1n) is 10.9. The number of hydrogen-bond acceptors (Lipinski definition) is 6. The summed E-state index contributed by atoms with van der Waals surface area (Å²) in [5.74, 6) is 2.15. The summed E-state index contributed by atoms with van der Waals surface area (Å²) in [4.78, 5) is 42.1. The zero-order valence-electron chi connectivity index (χ0n) is 17.7. The van der Waals surface area contributed by atoms with Crippen LogP contribution in [-0.2, 0) is 14.4 Å². The molecule has 168 valence electrons. The highest BCUT2D eigenvalue weighted by atomic mass is 32.2. The first kappa shape index (κ1) is 22.3. The average molecular weight is 464 g/mol. The minimum atomic E-state index is -0.445. The molecular weight excluding hydrogens is 434 g/mol. The van der Waals surface area contributed by atoms with Crippen LogP contribution in [0.5, 0.6) is 5.75 Å². The van der Waals surface area contributed by atoms with Gasteiger partial charge in [-0.25, -0.2) is 0 Å². The summed E-state index contributed by atoms with van der Waals surface area (Å²) in [6.45, 7) is 2.93. The molecule has 7 nitrogen and oxygen atoms in total. The van der Waals surface area contributed by atoms with E-state index in [2.05, 4.69) is 12.1 Å². The van der Waals surface area contributed by atoms with Gasteiger partial charge >= 0.3 is 11.8 Å². The van der Waals surface area contributed by atoms with Gasteiger partial charge in [0.2, 0.25) is 0 Å². The Hall–Kier alpha value is -1.87. The Labute approximate surface area is 191 Å². The number of thioether (sulfide) groups is 2. The molecule has 1 aromatic carbocycles. The van der Waals surface area contributed by atoms with Crippen LogP contribution in [-0.4, -0.2) is 89.8 Å². The van der Waals surface area contributed by atoms with Crippen molar-refractivity contribution in [2.24, 2.45) is 0 Å². The van der Waals surface area contributed by atoms with Crippen molar-refractivity contribution in [2.75, 3.05) is 57.4 Å². The van der Waals surface area contributed by atoms with Gasteiger partial charge < -0.3 is 19.4 Å². The first-order chi connectivity index (χ1) is 15.1. The molecule has 0 bridgehead atoms. The van der Waals surface area contributed by atoms with Crippen LogP contribution in [0.25, 0.3) is 0 Å². The van der Waals surface area contributed by atoms with Crippen LogP contribution in [0, 0.1) is 0 Å². The van der Waals surface area contributed by atoms with Crippen molar-refractivity contribution >= 4 is 41.2 Å².